The highest BCUT2D eigenvalue weighted by Crippen LogP contribution is 2.24. The Hall–Kier alpha value is -2.29. The van der Waals surface area contributed by atoms with Crippen LogP contribution in [-0.2, 0) is 13.2 Å². The van der Waals surface area contributed by atoms with Crippen molar-refractivity contribution in [2.75, 3.05) is 0 Å². The maximum absolute atomic E-state index is 13.4. The first-order chi connectivity index (χ1) is 9.78. The van der Waals surface area contributed by atoms with Crippen LogP contribution in [0, 0.1) is 5.82 Å². The van der Waals surface area contributed by atoms with Crippen LogP contribution < -0.4 is 4.74 Å². The molecule has 3 heteroatoms. The predicted molar refractivity (Wildman–Crippen MR) is 78.3 cm³/mol. The van der Waals surface area contributed by atoms with Crippen molar-refractivity contribution in [3.63, 3.8) is 0 Å². The minimum absolute atomic E-state index is 0.215. The lowest BCUT2D eigenvalue weighted by molar-refractivity contribution is 0.307. The van der Waals surface area contributed by atoms with Crippen molar-refractivity contribution in [1.29, 1.82) is 0 Å². The van der Waals surface area contributed by atoms with Crippen molar-refractivity contribution in [3.05, 3.63) is 66.1 Å². The molecule has 0 N–H and O–H groups in total. The maximum Gasteiger partial charge on any atom is 0.123 e. The molecular weight excluding hydrogens is 253 g/mol. The third-order valence-corrected chi connectivity index (χ3v) is 3.40. The van der Waals surface area contributed by atoms with E-state index in [9.17, 15) is 4.39 Å². The topological polar surface area (TPSA) is 14.2 Å². The molecule has 0 aliphatic carbocycles. The summed E-state index contributed by atoms with van der Waals surface area (Å²) in [6.07, 6.45) is 2.03. The van der Waals surface area contributed by atoms with Crippen molar-refractivity contribution in [2.24, 2.45) is 0 Å². The van der Waals surface area contributed by atoms with Crippen LogP contribution >= 0.6 is 0 Å². The Labute approximate surface area is 117 Å². The number of aromatic nitrogens is 1. The summed E-state index contributed by atoms with van der Waals surface area (Å²) in [5, 5.41) is 0.919. The van der Waals surface area contributed by atoms with E-state index in [1.807, 2.05) is 42.6 Å². The minimum atomic E-state index is -0.215. The van der Waals surface area contributed by atoms with Gasteiger partial charge in [-0.25, -0.2) is 4.39 Å². The van der Waals surface area contributed by atoms with Gasteiger partial charge in [0.05, 0.1) is 0 Å². The minimum Gasteiger partial charge on any atom is -0.489 e. The third kappa shape index (κ3) is 2.39. The predicted octanol–water partition coefficient (Wildman–Crippen LogP) is 4.38. The van der Waals surface area contributed by atoms with Crippen LogP contribution in [0.1, 0.15) is 12.5 Å². The molecule has 0 saturated heterocycles. The highest BCUT2D eigenvalue weighted by molar-refractivity contribution is 5.84. The Bertz CT molecular complexity index is 718. The van der Waals surface area contributed by atoms with Gasteiger partial charge < -0.3 is 9.30 Å². The summed E-state index contributed by atoms with van der Waals surface area (Å²) in [5.41, 5.74) is 2.05. The van der Waals surface area contributed by atoms with Crippen molar-refractivity contribution >= 4 is 10.9 Å². The molecule has 0 unspecified atom stereocenters. The van der Waals surface area contributed by atoms with Crippen molar-refractivity contribution in [3.8, 4) is 5.75 Å². The molecule has 1 heterocycles. The van der Waals surface area contributed by atoms with Crippen LogP contribution in [0.25, 0.3) is 10.9 Å². The first kappa shape index (κ1) is 12.7. The largest absolute Gasteiger partial charge is 0.489 e. The normalized spacial score (nSPS) is 10.9. The number of para-hydroxylation sites is 1. The van der Waals surface area contributed by atoms with E-state index in [-0.39, 0.29) is 5.82 Å². The SMILES string of the molecule is CCn1cc(COc2ccccc2)c2cc(F)ccc21. The van der Waals surface area contributed by atoms with Gasteiger partial charge in [-0.1, -0.05) is 18.2 Å². The van der Waals surface area contributed by atoms with E-state index in [1.54, 1.807) is 6.07 Å². The summed E-state index contributed by atoms with van der Waals surface area (Å²) in [7, 11) is 0. The second-order valence-electron chi connectivity index (χ2n) is 4.70. The number of benzene rings is 2. The van der Waals surface area contributed by atoms with Gasteiger partial charge >= 0.3 is 0 Å². The Kier molecular flexibility index (Phi) is 3.42. The molecule has 0 radical (unpaired) electrons. The highest BCUT2D eigenvalue weighted by atomic mass is 19.1. The summed E-state index contributed by atoms with van der Waals surface area (Å²) in [5.74, 6) is 0.605. The Balaban J connectivity index is 1.93. The Morgan fingerprint density at radius 1 is 1.10 bits per heavy atom. The highest BCUT2D eigenvalue weighted by Gasteiger charge is 2.09. The molecule has 2 nitrogen and oxygen atoms in total. The van der Waals surface area contributed by atoms with Crippen LogP contribution in [0.2, 0.25) is 0 Å². The van der Waals surface area contributed by atoms with Crippen LogP contribution in [-0.4, -0.2) is 4.57 Å². The molecular formula is C17H16FNO. The molecule has 0 spiro atoms. The first-order valence-corrected chi connectivity index (χ1v) is 6.73. The van der Waals surface area contributed by atoms with E-state index in [2.05, 4.69) is 11.5 Å². The molecule has 1 aromatic heterocycles. The van der Waals surface area contributed by atoms with Gasteiger partial charge in [-0.15, -0.1) is 0 Å². The lowest BCUT2D eigenvalue weighted by Crippen LogP contribution is -1.94. The lowest BCUT2D eigenvalue weighted by atomic mass is 10.2. The molecule has 0 aliphatic heterocycles. The number of hydrogen-bond donors (Lipinski definition) is 0. The van der Waals surface area contributed by atoms with Crippen LogP contribution in [0.15, 0.2) is 54.7 Å². The third-order valence-electron chi connectivity index (χ3n) is 3.40. The summed E-state index contributed by atoms with van der Waals surface area (Å²) in [6, 6.07) is 14.5. The zero-order chi connectivity index (χ0) is 13.9. The number of nitrogens with zero attached hydrogens (tertiary/aromatic N) is 1. The average molecular weight is 269 g/mol. The van der Waals surface area contributed by atoms with E-state index in [1.165, 1.54) is 6.07 Å². The number of aryl methyl sites for hydroxylation is 1. The fourth-order valence-corrected chi connectivity index (χ4v) is 2.40. The number of halogens is 1. The Morgan fingerprint density at radius 2 is 1.90 bits per heavy atom. The van der Waals surface area contributed by atoms with Crippen molar-refractivity contribution in [2.45, 2.75) is 20.1 Å². The molecule has 2 aromatic carbocycles. The summed E-state index contributed by atoms with van der Waals surface area (Å²) < 4.78 is 21.3. The van der Waals surface area contributed by atoms with Gasteiger partial charge in [0.15, 0.2) is 0 Å². The van der Waals surface area contributed by atoms with Gasteiger partial charge in [-0.05, 0) is 37.3 Å². The van der Waals surface area contributed by atoms with Gasteiger partial charge in [0.1, 0.15) is 18.2 Å². The quantitative estimate of drug-likeness (QED) is 0.685. The van der Waals surface area contributed by atoms with E-state index >= 15 is 0 Å². The second kappa shape index (κ2) is 5.37. The van der Waals surface area contributed by atoms with E-state index in [4.69, 9.17) is 4.74 Å². The number of fused-ring (bicyclic) bond motifs is 1. The molecule has 0 bridgehead atoms. The van der Waals surface area contributed by atoms with Crippen molar-refractivity contribution < 1.29 is 9.13 Å². The van der Waals surface area contributed by atoms with Gasteiger partial charge in [0.2, 0.25) is 0 Å². The Morgan fingerprint density at radius 3 is 2.65 bits per heavy atom. The van der Waals surface area contributed by atoms with E-state index in [0.717, 1.165) is 28.8 Å². The van der Waals surface area contributed by atoms with Crippen LogP contribution in [0.5, 0.6) is 5.75 Å². The van der Waals surface area contributed by atoms with Gasteiger partial charge in [0.25, 0.3) is 0 Å². The monoisotopic (exact) mass is 269 g/mol. The second-order valence-corrected chi connectivity index (χ2v) is 4.70. The smallest absolute Gasteiger partial charge is 0.123 e. The molecule has 0 amide bonds. The van der Waals surface area contributed by atoms with Crippen LogP contribution in [0.3, 0.4) is 0 Å². The molecule has 0 saturated carbocycles. The van der Waals surface area contributed by atoms with E-state index in [0.29, 0.717) is 6.61 Å². The lowest BCUT2D eigenvalue weighted by Gasteiger charge is -2.04. The van der Waals surface area contributed by atoms with Gasteiger partial charge in [-0.3, -0.25) is 0 Å². The van der Waals surface area contributed by atoms with Crippen LogP contribution in [0.4, 0.5) is 4.39 Å². The number of hydrogen-bond acceptors (Lipinski definition) is 1. The molecule has 0 fully saturated rings. The molecule has 0 atom stereocenters. The van der Waals surface area contributed by atoms with E-state index < -0.39 is 0 Å². The molecule has 20 heavy (non-hydrogen) atoms. The maximum atomic E-state index is 13.4. The number of rotatable bonds is 4. The molecule has 3 aromatic rings. The zero-order valence-electron chi connectivity index (χ0n) is 11.3. The van der Waals surface area contributed by atoms with Gasteiger partial charge in [0, 0.05) is 29.2 Å². The summed E-state index contributed by atoms with van der Waals surface area (Å²) >= 11 is 0. The average Bonchev–Trinajstić information content (AvgIpc) is 2.83. The first-order valence-electron chi connectivity index (χ1n) is 6.73. The number of ether oxygens (including phenoxy) is 1. The van der Waals surface area contributed by atoms with Gasteiger partial charge in [-0.2, -0.15) is 0 Å². The van der Waals surface area contributed by atoms with Crippen molar-refractivity contribution in [1.82, 2.24) is 4.57 Å². The fourth-order valence-electron chi connectivity index (χ4n) is 2.40. The molecule has 3 rings (SSSR count). The fraction of sp³-hybridized carbons (Fsp3) is 0.176. The molecule has 102 valence electrons. The zero-order valence-corrected chi connectivity index (χ0v) is 11.3. The molecule has 0 aliphatic rings. The standard InChI is InChI=1S/C17H16FNO/c1-2-19-11-13(12-20-15-6-4-3-5-7-15)16-10-14(18)8-9-17(16)19/h3-11H,2,12H2,1H3. The summed E-state index contributed by atoms with van der Waals surface area (Å²) in [4.78, 5) is 0. The summed E-state index contributed by atoms with van der Waals surface area (Å²) in [6.45, 7) is 3.37.